The minimum atomic E-state index is -1.49. The lowest BCUT2D eigenvalue weighted by atomic mass is 9.89. The van der Waals surface area contributed by atoms with Crippen molar-refractivity contribution in [2.45, 2.75) is 18.9 Å². The molecule has 11 N–H and O–H groups in total. The predicted molar refractivity (Wildman–Crippen MR) is 140 cm³/mol. The normalized spacial score (nSPS) is 11.7. The number of nitrogen functional groups attached to an aromatic ring is 1. The summed E-state index contributed by atoms with van der Waals surface area (Å²) in [6.45, 7) is 0.00867. The van der Waals surface area contributed by atoms with Gasteiger partial charge in [-0.3, -0.25) is 15.0 Å². The van der Waals surface area contributed by atoms with Crippen LogP contribution in [0.25, 0.3) is 33.5 Å². The second-order valence-electron chi connectivity index (χ2n) is 8.75. The van der Waals surface area contributed by atoms with Crippen molar-refractivity contribution >= 4 is 34.8 Å². The molecule has 3 aromatic carbocycles. The van der Waals surface area contributed by atoms with Gasteiger partial charge in [-0.2, -0.15) is 0 Å². The zero-order chi connectivity index (χ0) is 28.4. The Labute approximate surface area is 220 Å². The van der Waals surface area contributed by atoms with Gasteiger partial charge in [0.25, 0.3) is 0 Å². The number of hydrogen-bond acceptors (Lipinski definition) is 7. The molecule has 1 heterocycles. The van der Waals surface area contributed by atoms with E-state index in [1.54, 1.807) is 18.2 Å². The molecule has 0 unspecified atom stereocenters. The van der Waals surface area contributed by atoms with Crippen molar-refractivity contribution in [1.82, 2.24) is 15.3 Å². The van der Waals surface area contributed by atoms with E-state index >= 15 is 0 Å². The zero-order valence-electron chi connectivity index (χ0n) is 20.2. The third kappa shape index (κ3) is 5.56. The van der Waals surface area contributed by atoms with Crippen molar-refractivity contribution in [3.05, 3.63) is 65.2 Å². The van der Waals surface area contributed by atoms with E-state index in [1.165, 1.54) is 30.3 Å². The van der Waals surface area contributed by atoms with Crippen LogP contribution in [0.4, 0.5) is 4.79 Å². The molecule has 0 radical (unpaired) electrons. The number of carbonyl (C=O) groups is 3. The molecule has 0 bridgehead atoms. The number of aromatic nitrogens is 2. The van der Waals surface area contributed by atoms with Gasteiger partial charge in [-0.1, -0.05) is 6.07 Å². The van der Waals surface area contributed by atoms with Crippen LogP contribution in [0.5, 0.6) is 11.5 Å². The maximum Gasteiger partial charge on any atom is 0.312 e. The van der Waals surface area contributed by atoms with E-state index < -0.39 is 30.3 Å². The van der Waals surface area contributed by atoms with Gasteiger partial charge in [0.05, 0.1) is 28.9 Å². The smallest absolute Gasteiger partial charge is 0.312 e. The van der Waals surface area contributed by atoms with Gasteiger partial charge in [0.1, 0.15) is 23.2 Å². The number of carbonyl (C=O) groups excluding carboxylic acids is 1. The minimum absolute atomic E-state index is 0.00226. The Hall–Kier alpha value is -5.59. The topological polar surface area (TPSA) is 249 Å². The number of carboxylic acids is 2. The average molecular weight is 533 g/mol. The Kier molecular flexibility index (Phi) is 7.07. The fourth-order valence-corrected chi connectivity index (χ4v) is 4.17. The van der Waals surface area contributed by atoms with Crippen LogP contribution in [0.3, 0.4) is 0 Å². The quantitative estimate of drug-likeness (QED) is 0.113. The van der Waals surface area contributed by atoms with Crippen LogP contribution in [-0.4, -0.2) is 54.2 Å². The number of nitrogens with two attached hydrogens (primary N) is 2. The highest BCUT2D eigenvalue weighted by atomic mass is 16.4. The SMILES string of the molecule is N=C(N)c1ccc2nc(-c3cc([C@@H](CC(=O)O)C(=O)O)cc(-c4cc(CNC(N)=O)ccc4O)c3O)[nH]c2c1. The average Bonchev–Trinajstić information content (AvgIpc) is 3.30. The number of fused-ring (bicyclic) bond motifs is 1. The predicted octanol–water partition coefficient (Wildman–Crippen LogP) is 2.40. The number of nitrogens with one attached hydrogen (secondary N) is 3. The van der Waals surface area contributed by atoms with Crippen molar-refractivity contribution in [2.75, 3.05) is 0 Å². The van der Waals surface area contributed by atoms with E-state index in [4.69, 9.17) is 16.9 Å². The van der Waals surface area contributed by atoms with Gasteiger partial charge in [0, 0.05) is 23.2 Å². The molecule has 0 saturated heterocycles. The Bertz CT molecular complexity index is 1650. The molecule has 1 aromatic heterocycles. The number of phenols is 2. The molecular weight excluding hydrogens is 508 g/mol. The molecule has 4 aromatic rings. The minimum Gasteiger partial charge on any atom is -0.507 e. The second kappa shape index (κ2) is 10.4. The van der Waals surface area contributed by atoms with Gasteiger partial charge in [-0.05, 0) is 53.6 Å². The standard InChI is InChI=1S/C26H24N6O7/c27-23(28)12-2-3-18-19(8-12)32-24(31-18)17-7-13(14(25(37)38)9-21(34)35)6-16(22(17)36)15-5-11(1-4-20(15)33)10-30-26(29)39/h1-8,14,33,36H,9-10H2,(H3,27,28)(H,31,32)(H,34,35)(H,37,38)(H3,29,30,39)/t14-/m1/s1. The van der Waals surface area contributed by atoms with Crippen LogP contribution in [0.2, 0.25) is 0 Å². The van der Waals surface area contributed by atoms with E-state index in [2.05, 4.69) is 15.3 Å². The van der Waals surface area contributed by atoms with Crippen molar-refractivity contribution < 1.29 is 34.8 Å². The Morgan fingerprint density at radius 1 is 0.974 bits per heavy atom. The highest BCUT2D eigenvalue weighted by molar-refractivity contribution is 5.98. The summed E-state index contributed by atoms with van der Waals surface area (Å²) in [5.41, 5.74) is 12.8. The summed E-state index contributed by atoms with van der Waals surface area (Å²) in [6.07, 6.45) is -0.740. The molecular formula is C26H24N6O7. The lowest BCUT2D eigenvalue weighted by Crippen LogP contribution is -2.28. The number of amides is 2. The Balaban J connectivity index is 1.96. The zero-order valence-corrected chi connectivity index (χ0v) is 20.2. The Morgan fingerprint density at radius 3 is 2.33 bits per heavy atom. The number of rotatable bonds is 9. The summed E-state index contributed by atoms with van der Waals surface area (Å²) in [6, 6.07) is 10.9. The van der Waals surface area contributed by atoms with Crippen molar-refractivity contribution in [2.24, 2.45) is 11.5 Å². The third-order valence-electron chi connectivity index (χ3n) is 6.08. The fourth-order valence-electron chi connectivity index (χ4n) is 4.17. The number of aromatic hydroxyl groups is 2. The Morgan fingerprint density at radius 2 is 1.69 bits per heavy atom. The summed E-state index contributed by atoms with van der Waals surface area (Å²) >= 11 is 0. The lowest BCUT2D eigenvalue weighted by Gasteiger charge is -2.17. The number of imidazole rings is 1. The molecule has 39 heavy (non-hydrogen) atoms. The first-order valence-corrected chi connectivity index (χ1v) is 11.5. The number of phenolic OH excluding ortho intramolecular Hbond substituents is 2. The van der Waals surface area contributed by atoms with E-state index in [9.17, 15) is 34.8 Å². The van der Waals surface area contributed by atoms with E-state index in [0.717, 1.165) is 0 Å². The third-order valence-corrected chi connectivity index (χ3v) is 6.08. The summed E-state index contributed by atoms with van der Waals surface area (Å²) in [5.74, 6) is -4.93. The van der Waals surface area contributed by atoms with Gasteiger partial charge in [0.15, 0.2) is 0 Å². The maximum absolute atomic E-state index is 12.0. The van der Waals surface area contributed by atoms with Crippen LogP contribution < -0.4 is 16.8 Å². The number of amidine groups is 1. The molecule has 0 spiro atoms. The number of carboxylic acid groups (broad SMARTS) is 2. The number of nitrogens with zero attached hydrogens (tertiary/aromatic N) is 1. The van der Waals surface area contributed by atoms with Crippen LogP contribution >= 0.6 is 0 Å². The molecule has 2 amide bonds. The molecule has 13 heteroatoms. The number of aliphatic carboxylic acids is 2. The highest BCUT2D eigenvalue weighted by Crippen LogP contribution is 2.44. The number of hydrogen-bond donors (Lipinski definition) is 9. The van der Waals surface area contributed by atoms with Crippen molar-refractivity contribution in [3.63, 3.8) is 0 Å². The fraction of sp³-hybridized carbons (Fsp3) is 0.115. The lowest BCUT2D eigenvalue weighted by molar-refractivity contribution is -0.145. The maximum atomic E-state index is 12.0. The first-order chi connectivity index (χ1) is 18.4. The van der Waals surface area contributed by atoms with Crippen LogP contribution in [0.1, 0.15) is 29.0 Å². The first-order valence-electron chi connectivity index (χ1n) is 11.5. The number of benzene rings is 3. The highest BCUT2D eigenvalue weighted by Gasteiger charge is 2.27. The molecule has 0 saturated carbocycles. The van der Waals surface area contributed by atoms with Crippen LogP contribution in [-0.2, 0) is 16.1 Å². The summed E-state index contributed by atoms with van der Waals surface area (Å²) in [4.78, 5) is 42.1. The molecule has 1 atom stereocenters. The summed E-state index contributed by atoms with van der Waals surface area (Å²) in [7, 11) is 0. The van der Waals surface area contributed by atoms with Crippen LogP contribution in [0.15, 0.2) is 48.5 Å². The van der Waals surface area contributed by atoms with E-state index in [-0.39, 0.29) is 52.0 Å². The van der Waals surface area contributed by atoms with Gasteiger partial charge in [-0.25, -0.2) is 9.78 Å². The number of aromatic amines is 1. The molecule has 0 aliphatic heterocycles. The first kappa shape index (κ1) is 26.5. The van der Waals surface area contributed by atoms with Gasteiger partial charge >= 0.3 is 18.0 Å². The molecule has 200 valence electrons. The monoisotopic (exact) mass is 532 g/mol. The molecule has 13 nitrogen and oxygen atoms in total. The van der Waals surface area contributed by atoms with Crippen LogP contribution in [0, 0.1) is 5.41 Å². The van der Waals surface area contributed by atoms with Crippen molar-refractivity contribution in [1.29, 1.82) is 5.41 Å². The van der Waals surface area contributed by atoms with Crippen molar-refractivity contribution in [3.8, 4) is 34.0 Å². The summed E-state index contributed by atoms with van der Waals surface area (Å²) < 4.78 is 0. The number of urea groups is 1. The number of primary amides is 1. The van der Waals surface area contributed by atoms with E-state index in [0.29, 0.717) is 22.2 Å². The van der Waals surface area contributed by atoms with Gasteiger partial charge in [-0.15, -0.1) is 0 Å². The molecule has 0 aliphatic carbocycles. The number of H-pyrrole nitrogens is 1. The van der Waals surface area contributed by atoms with Gasteiger partial charge < -0.3 is 42.2 Å². The largest absolute Gasteiger partial charge is 0.507 e. The van der Waals surface area contributed by atoms with Gasteiger partial charge in [0.2, 0.25) is 0 Å². The summed E-state index contributed by atoms with van der Waals surface area (Å²) in [5, 5.41) is 51.2. The molecule has 0 aliphatic rings. The molecule has 0 fully saturated rings. The second-order valence-corrected chi connectivity index (χ2v) is 8.75. The molecule has 4 rings (SSSR count). The van der Waals surface area contributed by atoms with E-state index in [1.807, 2.05) is 0 Å².